The van der Waals surface area contributed by atoms with Gasteiger partial charge in [0.05, 0.1) is 0 Å². The van der Waals surface area contributed by atoms with E-state index in [2.05, 4.69) is 41.9 Å². The van der Waals surface area contributed by atoms with E-state index in [1.165, 1.54) is 18.4 Å². The molecule has 2 rings (SSSR count). The van der Waals surface area contributed by atoms with Crippen molar-refractivity contribution in [2.45, 2.75) is 31.7 Å². The van der Waals surface area contributed by atoms with Crippen molar-refractivity contribution in [1.82, 2.24) is 9.88 Å². The van der Waals surface area contributed by atoms with E-state index in [0.717, 1.165) is 24.5 Å². The van der Waals surface area contributed by atoms with Gasteiger partial charge in [0, 0.05) is 31.2 Å². The summed E-state index contributed by atoms with van der Waals surface area (Å²) in [7, 11) is 4.32. The number of alkyl halides is 1. The van der Waals surface area contributed by atoms with Crippen molar-refractivity contribution in [3.8, 4) is 0 Å². The second kappa shape index (κ2) is 5.89. The van der Waals surface area contributed by atoms with E-state index in [-0.39, 0.29) is 0 Å². The first-order valence-electron chi connectivity index (χ1n) is 6.54. The standard InChI is InChI=1S/C14H22ClN3/c1-11-7-12(8-15)9-16-14(11)18-6-4-5-13(10-18)17(2)3/h7,9,13H,4-6,8,10H2,1-3H3. The number of piperidine rings is 1. The Morgan fingerprint density at radius 3 is 2.89 bits per heavy atom. The molecule has 0 amide bonds. The molecule has 4 heteroatoms. The smallest absolute Gasteiger partial charge is 0.131 e. The minimum atomic E-state index is 0.536. The van der Waals surface area contributed by atoms with Crippen LogP contribution in [-0.4, -0.2) is 43.1 Å². The molecule has 0 aliphatic carbocycles. The first kappa shape index (κ1) is 13.6. The molecule has 1 saturated heterocycles. The van der Waals surface area contributed by atoms with Crippen molar-refractivity contribution < 1.29 is 0 Å². The maximum Gasteiger partial charge on any atom is 0.131 e. The molecule has 1 aromatic heterocycles. The molecule has 0 radical (unpaired) electrons. The highest BCUT2D eigenvalue weighted by molar-refractivity contribution is 6.17. The Bertz CT molecular complexity index is 406. The lowest BCUT2D eigenvalue weighted by Crippen LogP contribution is -2.45. The third-order valence-electron chi connectivity index (χ3n) is 3.69. The first-order chi connectivity index (χ1) is 8.61. The number of likely N-dealkylation sites (N-methyl/N-ethyl adjacent to an activating group) is 1. The summed E-state index contributed by atoms with van der Waals surface area (Å²) in [5.41, 5.74) is 2.33. The number of hydrogen-bond donors (Lipinski definition) is 0. The van der Waals surface area contributed by atoms with Crippen LogP contribution in [0.1, 0.15) is 24.0 Å². The van der Waals surface area contributed by atoms with Gasteiger partial charge in [-0.2, -0.15) is 0 Å². The van der Waals surface area contributed by atoms with Gasteiger partial charge in [0.1, 0.15) is 5.82 Å². The molecule has 1 aliphatic rings. The Morgan fingerprint density at radius 1 is 1.50 bits per heavy atom. The maximum atomic E-state index is 5.84. The highest BCUT2D eigenvalue weighted by Gasteiger charge is 2.23. The largest absolute Gasteiger partial charge is 0.355 e. The van der Waals surface area contributed by atoms with E-state index in [0.29, 0.717) is 11.9 Å². The van der Waals surface area contributed by atoms with E-state index in [1.54, 1.807) is 0 Å². The third kappa shape index (κ3) is 2.96. The van der Waals surface area contributed by atoms with Crippen molar-refractivity contribution in [2.75, 3.05) is 32.1 Å². The second-order valence-corrected chi connectivity index (χ2v) is 5.59. The van der Waals surface area contributed by atoms with Crippen LogP contribution in [0.2, 0.25) is 0 Å². The van der Waals surface area contributed by atoms with Crippen LogP contribution in [0.15, 0.2) is 12.3 Å². The predicted octanol–water partition coefficient (Wildman–Crippen LogP) is 2.66. The molecule has 0 bridgehead atoms. The van der Waals surface area contributed by atoms with Crippen molar-refractivity contribution in [1.29, 1.82) is 0 Å². The first-order valence-corrected chi connectivity index (χ1v) is 7.08. The Balaban J connectivity index is 2.15. The number of nitrogens with zero attached hydrogens (tertiary/aromatic N) is 3. The summed E-state index contributed by atoms with van der Waals surface area (Å²) >= 11 is 5.84. The summed E-state index contributed by atoms with van der Waals surface area (Å²) in [5, 5.41) is 0. The quantitative estimate of drug-likeness (QED) is 0.785. The number of aryl methyl sites for hydroxylation is 1. The number of hydrogen-bond acceptors (Lipinski definition) is 3. The van der Waals surface area contributed by atoms with Crippen molar-refractivity contribution in [2.24, 2.45) is 0 Å². The molecule has 0 spiro atoms. The fourth-order valence-corrected chi connectivity index (χ4v) is 2.74. The van der Waals surface area contributed by atoms with Gasteiger partial charge in [-0.3, -0.25) is 0 Å². The monoisotopic (exact) mass is 267 g/mol. The molecular formula is C14H22ClN3. The number of aromatic nitrogens is 1. The fourth-order valence-electron chi connectivity index (χ4n) is 2.60. The summed E-state index contributed by atoms with van der Waals surface area (Å²) in [6.45, 7) is 4.30. The number of halogens is 1. The Kier molecular flexibility index (Phi) is 4.46. The third-order valence-corrected chi connectivity index (χ3v) is 4.00. The molecule has 0 saturated carbocycles. The number of pyridine rings is 1. The molecule has 0 aromatic carbocycles. The average Bonchev–Trinajstić information content (AvgIpc) is 2.38. The SMILES string of the molecule is Cc1cc(CCl)cnc1N1CCCC(N(C)C)C1. The topological polar surface area (TPSA) is 19.4 Å². The molecule has 100 valence electrons. The van der Waals surface area contributed by atoms with Gasteiger partial charge in [-0.15, -0.1) is 11.6 Å². The highest BCUT2D eigenvalue weighted by Crippen LogP contribution is 2.23. The Hall–Kier alpha value is -0.800. The van der Waals surface area contributed by atoms with Crippen molar-refractivity contribution in [3.63, 3.8) is 0 Å². The van der Waals surface area contributed by atoms with Crippen molar-refractivity contribution >= 4 is 17.4 Å². The highest BCUT2D eigenvalue weighted by atomic mass is 35.5. The second-order valence-electron chi connectivity index (χ2n) is 5.32. The predicted molar refractivity (Wildman–Crippen MR) is 77.5 cm³/mol. The van der Waals surface area contributed by atoms with Crippen LogP contribution in [0.25, 0.3) is 0 Å². The molecule has 1 aromatic rings. The molecule has 1 fully saturated rings. The van der Waals surface area contributed by atoms with Crippen LogP contribution in [0.3, 0.4) is 0 Å². The zero-order chi connectivity index (χ0) is 13.1. The van der Waals surface area contributed by atoms with Gasteiger partial charge in [-0.25, -0.2) is 4.98 Å². The number of rotatable bonds is 3. The molecule has 1 unspecified atom stereocenters. The van der Waals surface area contributed by atoms with Crippen LogP contribution < -0.4 is 4.90 Å². The molecule has 2 heterocycles. The summed E-state index contributed by atoms with van der Waals surface area (Å²) in [6.07, 6.45) is 4.41. The molecule has 1 atom stereocenters. The molecule has 1 aliphatic heterocycles. The Morgan fingerprint density at radius 2 is 2.28 bits per heavy atom. The van der Waals surface area contributed by atoms with E-state index in [4.69, 9.17) is 11.6 Å². The van der Waals surface area contributed by atoms with Gasteiger partial charge in [0.2, 0.25) is 0 Å². The summed E-state index contributed by atoms with van der Waals surface area (Å²) in [5.74, 6) is 1.66. The minimum absolute atomic E-state index is 0.536. The van der Waals surface area contributed by atoms with Gasteiger partial charge >= 0.3 is 0 Å². The van der Waals surface area contributed by atoms with Gasteiger partial charge in [0.25, 0.3) is 0 Å². The lowest BCUT2D eigenvalue weighted by Gasteiger charge is -2.37. The van der Waals surface area contributed by atoms with E-state index in [1.807, 2.05) is 6.20 Å². The van der Waals surface area contributed by atoms with E-state index >= 15 is 0 Å². The van der Waals surface area contributed by atoms with Gasteiger partial charge < -0.3 is 9.80 Å². The van der Waals surface area contributed by atoms with Crippen LogP contribution in [0, 0.1) is 6.92 Å². The van der Waals surface area contributed by atoms with Gasteiger partial charge in [-0.05, 0) is 51.1 Å². The Labute approximate surface area is 115 Å². The van der Waals surface area contributed by atoms with Crippen LogP contribution in [-0.2, 0) is 5.88 Å². The lowest BCUT2D eigenvalue weighted by molar-refractivity contribution is 0.257. The van der Waals surface area contributed by atoms with Gasteiger partial charge in [0.15, 0.2) is 0 Å². The molecule has 3 nitrogen and oxygen atoms in total. The molecule has 0 N–H and O–H groups in total. The van der Waals surface area contributed by atoms with E-state index in [9.17, 15) is 0 Å². The van der Waals surface area contributed by atoms with Crippen molar-refractivity contribution in [3.05, 3.63) is 23.4 Å². The van der Waals surface area contributed by atoms with E-state index < -0.39 is 0 Å². The zero-order valence-electron chi connectivity index (χ0n) is 11.5. The maximum absolute atomic E-state index is 5.84. The zero-order valence-corrected chi connectivity index (χ0v) is 12.2. The van der Waals surface area contributed by atoms with Crippen LogP contribution in [0.4, 0.5) is 5.82 Å². The number of anilines is 1. The lowest BCUT2D eigenvalue weighted by atomic mass is 10.0. The van der Waals surface area contributed by atoms with Crippen LogP contribution in [0.5, 0.6) is 0 Å². The molecule has 18 heavy (non-hydrogen) atoms. The normalized spacial score (nSPS) is 20.5. The van der Waals surface area contributed by atoms with Crippen LogP contribution >= 0.6 is 11.6 Å². The minimum Gasteiger partial charge on any atom is -0.355 e. The van der Waals surface area contributed by atoms with Gasteiger partial charge in [-0.1, -0.05) is 0 Å². The summed E-state index contributed by atoms with van der Waals surface area (Å²) < 4.78 is 0. The fraction of sp³-hybridized carbons (Fsp3) is 0.643. The molecular weight excluding hydrogens is 246 g/mol. The summed E-state index contributed by atoms with van der Waals surface area (Å²) in [6, 6.07) is 2.78. The average molecular weight is 268 g/mol. The summed E-state index contributed by atoms with van der Waals surface area (Å²) in [4.78, 5) is 9.31.